The first-order valence-corrected chi connectivity index (χ1v) is 12.0. The number of hydrogen-bond acceptors (Lipinski definition) is 7. The Balaban J connectivity index is 2.12. The maximum Gasteiger partial charge on any atom is 0.338 e. The highest BCUT2D eigenvalue weighted by Gasteiger charge is 2.37. The molecule has 0 saturated heterocycles. The number of ether oxygens (including phenoxy) is 2. The van der Waals surface area contributed by atoms with Crippen LogP contribution in [0.3, 0.4) is 0 Å². The van der Waals surface area contributed by atoms with Crippen LogP contribution >= 0.6 is 27.7 Å². The minimum absolute atomic E-state index is 0.126. The first-order chi connectivity index (χ1) is 15.0. The van der Waals surface area contributed by atoms with E-state index in [1.165, 1.54) is 0 Å². The SMILES string of the molecule is C=CCOC(=O)C1=C(C)Nc2nc(SCCCC)nn2C1c1cc(Br)ccc1OCC. The van der Waals surface area contributed by atoms with Crippen LogP contribution in [0, 0.1) is 0 Å². The fraction of sp³-hybridized carbons (Fsp3) is 0.409. The molecule has 9 heteroatoms. The molecule has 1 unspecified atom stereocenters. The average molecular weight is 507 g/mol. The number of halogens is 1. The van der Waals surface area contributed by atoms with Gasteiger partial charge in [0.25, 0.3) is 0 Å². The van der Waals surface area contributed by atoms with Gasteiger partial charge in [0.2, 0.25) is 11.1 Å². The molecular formula is C22H27BrN4O3S. The lowest BCUT2D eigenvalue weighted by atomic mass is 9.95. The standard InChI is InChI=1S/C22H27BrN4O3S/c1-5-8-12-31-22-25-21-24-14(4)18(20(28)30-11-6-2)19(27(21)26-22)16-13-15(23)9-10-17(16)29-7-3/h6,9-10,13,19H,2,5,7-8,11-12H2,1,3-4H3,(H,24,25,26). The molecular weight excluding hydrogens is 480 g/mol. The lowest BCUT2D eigenvalue weighted by molar-refractivity contribution is -0.138. The molecule has 1 N–H and O–H groups in total. The Bertz CT molecular complexity index is 989. The molecule has 0 fully saturated rings. The Morgan fingerprint density at radius 1 is 1.42 bits per heavy atom. The van der Waals surface area contributed by atoms with Gasteiger partial charge < -0.3 is 14.8 Å². The maximum atomic E-state index is 13.0. The molecule has 1 aromatic carbocycles. The zero-order chi connectivity index (χ0) is 22.4. The molecule has 0 radical (unpaired) electrons. The molecule has 0 bridgehead atoms. The summed E-state index contributed by atoms with van der Waals surface area (Å²) in [5, 5.41) is 8.62. The van der Waals surface area contributed by atoms with Crippen molar-refractivity contribution < 1.29 is 14.3 Å². The predicted molar refractivity (Wildman–Crippen MR) is 127 cm³/mol. The summed E-state index contributed by atoms with van der Waals surface area (Å²) in [5.74, 6) is 1.77. The molecule has 166 valence electrons. The first kappa shape index (κ1) is 23.4. The number of esters is 1. The van der Waals surface area contributed by atoms with E-state index in [0.717, 1.165) is 28.6 Å². The van der Waals surface area contributed by atoms with Gasteiger partial charge in [0, 0.05) is 21.5 Å². The summed E-state index contributed by atoms with van der Waals surface area (Å²) < 4.78 is 13.9. The smallest absolute Gasteiger partial charge is 0.338 e. The number of rotatable bonds is 10. The summed E-state index contributed by atoms with van der Waals surface area (Å²) in [5.41, 5.74) is 1.94. The molecule has 0 saturated carbocycles. The summed E-state index contributed by atoms with van der Waals surface area (Å²) >= 11 is 5.16. The van der Waals surface area contributed by atoms with Gasteiger partial charge >= 0.3 is 5.97 Å². The van der Waals surface area contributed by atoms with Crippen LogP contribution in [0.4, 0.5) is 5.95 Å². The third-order valence-corrected chi connectivity index (χ3v) is 6.10. The summed E-state index contributed by atoms with van der Waals surface area (Å²) in [6, 6.07) is 5.21. The summed E-state index contributed by atoms with van der Waals surface area (Å²) in [7, 11) is 0. The topological polar surface area (TPSA) is 78.3 Å². The number of thioether (sulfide) groups is 1. The number of anilines is 1. The van der Waals surface area contributed by atoms with Crippen LogP contribution in [0.5, 0.6) is 5.75 Å². The normalized spacial score (nSPS) is 15.3. The van der Waals surface area contributed by atoms with Crippen molar-refractivity contribution in [1.82, 2.24) is 14.8 Å². The summed E-state index contributed by atoms with van der Waals surface area (Å²) in [4.78, 5) is 17.7. The van der Waals surface area contributed by atoms with Crippen molar-refractivity contribution in [1.29, 1.82) is 0 Å². The van der Waals surface area contributed by atoms with Crippen LogP contribution in [0.2, 0.25) is 0 Å². The lowest BCUT2D eigenvalue weighted by Gasteiger charge is -2.29. The van der Waals surface area contributed by atoms with Crippen molar-refractivity contribution in [3.63, 3.8) is 0 Å². The van der Waals surface area contributed by atoms with E-state index >= 15 is 0 Å². The van der Waals surface area contributed by atoms with Gasteiger partial charge in [-0.3, -0.25) is 0 Å². The van der Waals surface area contributed by atoms with Crippen molar-refractivity contribution in [2.24, 2.45) is 0 Å². The fourth-order valence-electron chi connectivity index (χ4n) is 3.28. The minimum Gasteiger partial charge on any atom is -0.494 e. The first-order valence-electron chi connectivity index (χ1n) is 10.3. The number of allylic oxidation sites excluding steroid dienone is 1. The van der Waals surface area contributed by atoms with Crippen LogP contribution < -0.4 is 10.1 Å². The molecule has 1 atom stereocenters. The van der Waals surface area contributed by atoms with Crippen molar-refractivity contribution in [3.8, 4) is 5.75 Å². The number of unbranched alkanes of at least 4 members (excludes halogenated alkanes) is 1. The van der Waals surface area contributed by atoms with E-state index in [4.69, 9.17) is 14.6 Å². The Morgan fingerprint density at radius 3 is 2.94 bits per heavy atom. The third kappa shape index (κ3) is 5.33. The van der Waals surface area contributed by atoms with Crippen molar-refractivity contribution >= 4 is 39.6 Å². The van der Waals surface area contributed by atoms with Gasteiger partial charge in [0.1, 0.15) is 18.4 Å². The highest BCUT2D eigenvalue weighted by molar-refractivity contribution is 9.10. The fourth-order valence-corrected chi connectivity index (χ4v) is 4.58. The van der Waals surface area contributed by atoms with E-state index in [1.807, 2.05) is 32.0 Å². The van der Waals surface area contributed by atoms with Gasteiger partial charge in [-0.15, -0.1) is 5.10 Å². The second-order valence-electron chi connectivity index (χ2n) is 6.93. The molecule has 7 nitrogen and oxygen atoms in total. The number of carbonyl (C=O) groups excluding carboxylic acids is 1. The summed E-state index contributed by atoms with van der Waals surface area (Å²) in [6.07, 6.45) is 3.74. The van der Waals surface area contributed by atoms with Crippen LogP contribution in [-0.2, 0) is 9.53 Å². The average Bonchev–Trinajstić information content (AvgIpc) is 3.15. The Hall–Kier alpha value is -2.26. The van der Waals surface area contributed by atoms with Gasteiger partial charge in [-0.2, -0.15) is 4.98 Å². The zero-order valence-electron chi connectivity index (χ0n) is 18.0. The van der Waals surface area contributed by atoms with Crippen molar-refractivity contribution in [2.75, 3.05) is 24.3 Å². The summed E-state index contributed by atoms with van der Waals surface area (Å²) in [6.45, 7) is 10.2. The number of carbonyl (C=O) groups is 1. The number of aromatic nitrogens is 3. The predicted octanol–water partition coefficient (Wildman–Crippen LogP) is 5.35. The van der Waals surface area contributed by atoms with Crippen molar-refractivity contribution in [2.45, 2.75) is 44.8 Å². The second kappa shape index (κ2) is 10.9. The van der Waals surface area contributed by atoms with E-state index in [1.54, 1.807) is 22.5 Å². The number of nitrogens with one attached hydrogen (secondary N) is 1. The van der Waals surface area contributed by atoms with E-state index in [-0.39, 0.29) is 6.61 Å². The molecule has 1 aromatic heterocycles. The van der Waals surface area contributed by atoms with Gasteiger partial charge in [-0.1, -0.05) is 53.7 Å². The second-order valence-corrected chi connectivity index (χ2v) is 8.91. The Kier molecular flexibility index (Phi) is 8.20. The van der Waals surface area contributed by atoms with Gasteiger partial charge in [-0.25, -0.2) is 9.48 Å². The number of nitrogens with zero attached hydrogens (tertiary/aromatic N) is 3. The monoisotopic (exact) mass is 506 g/mol. The molecule has 3 rings (SSSR count). The van der Waals surface area contributed by atoms with Crippen LogP contribution in [0.15, 0.2) is 51.8 Å². The molecule has 0 amide bonds. The molecule has 0 spiro atoms. The maximum absolute atomic E-state index is 13.0. The van der Waals surface area contributed by atoms with E-state index in [0.29, 0.717) is 34.7 Å². The van der Waals surface area contributed by atoms with Crippen LogP contribution in [-0.4, -0.2) is 39.7 Å². The molecule has 1 aliphatic rings. The molecule has 1 aliphatic heterocycles. The molecule has 2 aromatic rings. The highest BCUT2D eigenvalue weighted by atomic mass is 79.9. The van der Waals surface area contributed by atoms with E-state index < -0.39 is 12.0 Å². The van der Waals surface area contributed by atoms with Crippen molar-refractivity contribution in [3.05, 3.63) is 52.2 Å². The molecule has 31 heavy (non-hydrogen) atoms. The third-order valence-electron chi connectivity index (χ3n) is 4.68. The number of fused-ring (bicyclic) bond motifs is 1. The van der Waals surface area contributed by atoms with Crippen LogP contribution in [0.25, 0.3) is 0 Å². The lowest BCUT2D eigenvalue weighted by Crippen LogP contribution is -2.30. The number of benzene rings is 1. The number of hydrogen-bond donors (Lipinski definition) is 1. The zero-order valence-corrected chi connectivity index (χ0v) is 20.4. The minimum atomic E-state index is -0.541. The molecule has 0 aliphatic carbocycles. The van der Waals surface area contributed by atoms with Crippen LogP contribution in [0.1, 0.15) is 45.2 Å². The van der Waals surface area contributed by atoms with E-state index in [2.05, 4.69) is 39.7 Å². The van der Waals surface area contributed by atoms with Gasteiger partial charge in [0.15, 0.2) is 0 Å². The largest absolute Gasteiger partial charge is 0.494 e. The van der Waals surface area contributed by atoms with Gasteiger partial charge in [-0.05, 0) is 38.5 Å². The van der Waals surface area contributed by atoms with Gasteiger partial charge in [0.05, 0.1) is 12.2 Å². The van der Waals surface area contributed by atoms with E-state index in [9.17, 15) is 4.79 Å². The molecule has 2 heterocycles. The quantitative estimate of drug-likeness (QED) is 0.201. The Morgan fingerprint density at radius 2 is 2.23 bits per heavy atom. The Labute approximate surface area is 195 Å². The highest BCUT2D eigenvalue weighted by Crippen LogP contribution is 2.41.